The van der Waals surface area contributed by atoms with Gasteiger partial charge in [0.2, 0.25) is 17.6 Å². The fourth-order valence-corrected chi connectivity index (χ4v) is 4.84. The summed E-state index contributed by atoms with van der Waals surface area (Å²) in [5.41, 5.74) is 5.55. The number of likely N-dealkylation sites (tertiary alicyclic amines) is 1. The largest absolute Gasteiger partial charge is 0.345 e. The molecule has 1 aliphatic rings. The molecule has 0 radical (unpaired) electrons. The molecule has 1 atom stereocenters. The summed E-state index contributed by atoms with van der Waals surface area (Å²) in [7, 11) is 0. The van der Waals surface area contributed by atoms with E-state index in [1.807, 2.05) is 54.6 Å². The first-order chi connectivity index (χ1) is 17.6. The Kier molecular flexibility index (Phi) is 7.23. The lowest BCUT2D eigenvalue weighted by Gasteiger charge is -2.31. The first kappa shape index (κ1) is 23.9. The Balaban J connectivity index is 1.19. The van der Waals surface area contributed by atoms with Crippen molar-refractivity contribution in [1.29, 1.82) is 0 Å². The summed E-state index contributed by atoms with van der Waals surface area (Å²) in [6.07, 6.45) is 1.61. The first-order valence-electron chi connectivity index (χ1n) is 12.6. The van der Waals surface area contributed by atoms with E-state index in [1.54, 1.807) is 0 Å². The summed E-state index contributed by atoms with van der Waals surface area (Å²) in [5.74, 6) is 1.33. The number of nitrogens with one attached hydrogen (secondary N) is 1. The van der Waals surface area contributed by atoms with E-state index in [2.05, 4.69) is 58.5 Å². The molecule has 3 aromatic carbocycles. The number of benzene rings is 3. The average Bonchev–Trinajstić information content (AvgIpc) is 3.37. The van der Waals surface area contributed by atoms with Crippen LogP contribution in [0.1, 0.15) is 47.0 Å². The van der Waals surface area contributed by atoms with Gasteiger partial charge in [-0.3, -0.25) is 9.69 Å². The Morgan fingerprint density at radius 3 is 2.39 bits per heavy atom. The quantitative estimate of drug-likeness (QED) is 0.380. The molecule has 1 N–H and O–H groups in total. The molecule has 2 heterocycles. The summed E-state index contributed by atoms with van der Waals surface area (Å²) in [6, 6.07) is 26.4. The number of piperidine rings is 1. The highest BCUT2D eigenvalue weighted by Crippen LogP contribution is 2.27. The van der Waals surface area contributed by atoms with Gasteiger partial charge < -0.3 is 9.84 Å². The van der Waals surface area contributed by atoms with Gasteiger partial charge >= 0.3 is 0 Å². The highest BCUT2D eigenvalue weighted by atomic mass is 16.5. The number of carbonyl (C=O) groups is 1. The monoisotopic (exact) mass is 480 g/mol. The van der Waals surface area contributed by atoms with E-state index < -0.39 is 0 Å². The Labute approximate surface area is 212 Å². The van der Waals surface area contributed by atoms with Crippen molar-refractivity contribution in [2.75, 3.05) is 13.1 Å². The maximum Gasteiger partial charge on any atom is 0.241 e. The number of aromatic nitrogens is 2. The van der Waals surface area contributed by atoms with Crippen molar-refractivity contribution in [1.82, 2.24) is 20.4 Å². The van der Waals surface area contributed by atoms with Crippen LogP contribution in [-0.4, -0.2) is 34.0 Å². The third-order valence-corrected chi connectivity index (χ3v) is 7.01. The van der Waals surface area contributed by atoms with Gasteiger partial charge in [0.1, 0.15) is 0 Å². The second kappa shape index (κ2) is 10.9. The molecule has 0 saturated carbocycles. The molecule has 5 rings (SSSR count). The van der Waals surface area contributed by atoms with Gasteiger partial charge in [-0.25, -0.2) is 0 Å². The molecule has 6 heteroatoms. The lowest BCUT2D eigenvalue weighted by molar-refractivity contribution is -0.127. The Morgan fingerprint density at radius 2 is 1.67 bits per heavy atom. The van der Waals surface area contributed by atoms with Crippen LogP contribution in [0.25, 0.3) is 11.4 Å². The van der Waals surface area contributed by atoms with Crippen LogP contribution < -0.4 is 5.32 Å². The van der Waals surface area contributed by atoms with Crippen molar-refractivity contribution < 1.29 is 9.32 Å². The van der Waals surface area contributed by atoms with E-state index in [1.165, 1.54) is 11.1 Å². The van der Waals surface area contributed by atoms with Gasteiger partial charge in [0.15, 0.2) is 0 Å². The van der Waals surface area contributed by atoms with Crippen molar-refractivity contribution >= 4 is 5.91 Å². The molecule has 1 amide bonds. The fraction of sp³-hybridized carbons (Fsp3) is 0.300. The van der Waals surface area contributed by atoms with Crippen LogP contribution in [0.4, 0.5) is 0 Å². The Bertz CT molecular complexity index is 1290. The summed E-state index contributed by atoms with van der Waals surface area (Å²) in [5, 5.41) is 7.50. The molecular formula is C30H32N4O2. The number of nitrogens with zero attached hydrogens (tertiary/aromatic N) is 3. The predicted molar refractivity (Wildman–Crippen MR) is 140 cm³/mol. The Hall–Kier alpha value is -3.77. The second-order valence-corrected chi connectivity index (χ2v) is 9.64. The van der Waals surface area contributed by atoms with E-state index in [0.29, 0.717) is 18.3 Å². The van der Waals surface area contributed by atoms with E-state index in [0.717, 1.165) is 42.6 Å². The molecule has 6 nitrogen and oxygen atoms in total. The fourth-order valence-electron chi connectivity index (χ4n) is 4.84. The van der Waals surface area contributed by atoms with Gasteiger partial charge in [0, 0.05) is 11.5 Å². The zero-order valence-corrected chi connectivity index (χ0v) is 20.9. The molecule has 0 spiro atoms. The first-order valence-corrected chi connectivity index (χ1v) is 12.6. The zero-order valence-electron chi connectivity index (χ0n) is 20.9. The molecule has 1 fully saturated rings. The number of rotatable bonds is 7. The van der Waals surface area contributed by atoms with Crippen LogP contribution in [0.5, 0.6) is 0 Å². The van der Waals surface area contributed by atoms with Crippen LogP contribution >= 0.6 is 0 Å². The minimum absolute atomic E-state index is 0.0118. The molecule has 1 saturated heterocycles. The molecule has 1 unspecified atom stereocenters. The number of hydrogen-bond donors (Lipinski definition) is 1. The lowest BCUT2D eigenvalue weighted by atomic mass is 9.92. The predicted octanol–water partition coefficient (Wildman–Crippen LogP) is 5.47. The molecule has 184 valence electrons. The number of amides is 1. The maximum absolute atomic E-state index is 13.3. The molecule has 1 aromatic heterocycles. The molecule has 4 aromatic rings. The van der Waals surface area contributed by atoms with Crippen molar-refractivity contribution in [2.45, 2.75) is 39.3 Å². The lowest BCUT2D eigenvalue weighted by Crippen LogP contribution is -2.41. The third-order valence-electron chi connectivity index (χ3n) is 7.01. The van der Waals surface area contributed by atoms with Gasteiger partial charge in [-0.2, -0.15) is 4.98 Å². The van der Waals surface area contributed by atoms with Crippen LogP contribution in [0, 0.1) is 19.8 Å². The van der Waals surface area contributed by atoms with Crippen molar-refractivity contribution in [3.8, 4) is 11.4 Å². The van der Waals surface area contributed by atoms with Crippen molar-refractivity contribution in [2.24, 2.45) is 5.92 Å². The molecule has 0 bridgehead atoms. The van der Waals surface area contributed by atoms with Crippen molar-refractivity contribution in [3.05, 3.63) is 107 Å². The summed E-state index contributed by atoms with van der Waals surface area (Å²) < 4.78 is 5.51. The zero-order chi connectivity index (χ0) is 24.9. The second-order valence-electron chi connectivity index (χ2n) is 9.64. The number of aryl methyl sites for hydroxylation is 2. The van der Waals surface area contributed by atoms with Crippen LogP contribution in [-0.2, 0) is 11.3 Å². The van der Waals surface area contributed by atoms with Crippen molar-refractivity contribution in [3.63, 3.8) is 0 Å². The van der Waals surface area contributed by atoms with E-state index in [9.17, 15) is 4.79 Å². The normalized spacial score (nSPS) is 15.5. The summed E-state index contributed by atoms with van der Waals surface area (Å²) in [6.45, 7) is 6.39. The van der Waals surface area contributed by atoms with Gasteiger partial charge in [0.05, 0.1) is 12.6 Å². The van der Waals surface area contributed by atoms with Gasteiger partial charge in [-0.15, -0.1) is 0 Å². The molecular weight excluding hydrogens is 448 g/mol. The van der Waals surface area contributed by atoms with Crippen LogP contribution in [0.3, 0.4) is 0 Å². The van der Waals surface area contributed by atoms with E-state index in [4.69, 9.17) is 4.52 Å². The molecule has 36 heavy (non-hydrogen) atoms. The third kappa shape index (κ3) is 5.55. The average molecular weight is 481 g/mol. The van der Waals surface area contributed by atoms with E-state index in [-0.39, 0.29) is 17.9 Å². The summed E-state index contributed by atoms with van der Waals surface area (Å²) in [4.78, 5) is 20.2. The number of carbonyl (C=O) groups excluding carboxylic acids is 1. The van der Waals surface area contributed by atoms with Gasteiger partial charge in [0.25, 0.3) is 0 Å². The minimum atomic E-state index is -0.156. The Morgan fingerprint density at radius 1 is 0.972 bits per heavy atom. The minimum Gasteiger partial charge on any atom is -0.345 e. The number of hydrogen-bond acceptors (Lipinski definition) is 5. The van der Waals surface area contributed by atoms with Crippen LogP contribution in [0.2, 0.25) is 0 Å². The highest BCUT2D eigenvalue weighted by molar-refractivity contribution is 5.79. The highest BCUT2D eigenvalue weighted by Gasteiger charge is 2.28. The van der Waals surface area contributed by atoms with Crippen LogP contribution in [0.15, 0.2) is 83.4 Å². The maximum atomic E-state index is 13.3. The van der Waals surface area contributed by atoms with Gasteiger partial charge in [-0.05, 0) is 56.5 Å². The smallest absolute Gasteiger partial charge is 0.241 e. The standard InChI is InChI=1S/C30H32N4O2/c1-21-12-14-24(15-13-21)29-31-27(36-33-29)20-34-18-16-25(17-19-34)30(35)32-28(23-9-4-3-5-10-23)26-11-7-6-8-22(26)2/h3-15,25,28H,16-20H2,1-2H3,(H,32,35). The SMILES string of the molecule is Cc1ccc(-c2noc(CN3CCC(C(=O)NC(c4ccccc4)c4ccccc4C)CC3)n2)cc1. The topological polar surface area (TPSA) is 71.3 Å². The summed E-state index contributed by atoms with van der Waals surface area (Å²) >= 11 is 0. The molecule has 0 aliphatic carbocycles. The van der Waals surface area contributed by atoms with Gasteiger partial charge in [-0.1, -0.05) is 89.6 Å². The molecule has 1 aliphatic heterocycles. The van der Waals surface area contributed by atoms with E-state index >= 15 is 0 Å².